The zero-order valence-corrected chi connectivity index (χ0v) is 13.7. The van der Waals surface area contributed by atoms with Crippen molar-refractivity contribution in [3.63, 3.8) is 0 Å². The molecule has 2 aliphatic rings. The first kappa shape index (κ1) is 16.1. The Morgan fingerprint density at radius 2 is 1.57 bits per heavy atom. The maximum atomic E-state index is 12.7. The molecule has 1 aromatic rings. The lowest BCUT2D eigenvalue weighted by atomic mass is 9.94. The average molecular weight is 318 g/mol. The Kier molecular flexibility index (Phi) is 5.36. The van der Waals surface area contributed by atoms with E-state index in [2.05, 4.69) is 4.90 Å². The number of hydrogen-bond acceptors (Lipinski definition) is 3. The van der Waals surface area contributed by atoms with E-state index >= 15 is 0 Å². The van der Waals surface area contributed by atoms with Crippen LogP contribution >= 0.6 is 0 Å². The van der Waals surface area contributed by atoms with Crippen LogP contribution in [-0.4, -0.2) is 47.8 Å². The lowest BCUT2D eigenvalue weighted by Gasteiger charge is -2.34. The van der Waals surface area contributed by atoms with Crippen LogP contribution in [0.1, 0.15) is 55.5 Å². The van der Waals surface area contributed by atoms with Crippen molar-refractivity contribution in [2.45, 2.75) is 44.9 Å². The van der Waals surface area contributed by atoms with Crippen LogP contribution in [-0.2, 0) is 4.79 Å². The van der Waals surface area contributed by atoms with Crippen molar-refractivity contribution in [2.24, 2.45) is 5.92 Å². The van der Waals surface area contributed by atoms with Gasteiger partial charge in [-0.05, 0) is 37.8 Å². The quantitative estimate of drug-likeness (QED) is 0.842. The van der Waals surface area contributed by atoms with Crippen molar-refractivity contribution < 1.29 is 14.0 Å². The molecule has 1 aromatic heterocycles. The Hall–Kier alpha value is -1.78. The fraction of sp³-hybridized carbons (Fsp3) is 0.667. The smallest absolute Gasteiger partial charge is 0.289 e. The molecule has 0 bridgehead atoms. The molecule has 0 atom stereocenters. The monoisotopic (exact) mass is 318 g/mol. The Balaban J connectivity index is 1.51. The maximum absolute atomic E-state index is 12.7. The second kappa shape index (κ2) is 7.66. The van der Waals surface area contributed by atoms with Crippen molar-refractivity contribution in [2.75, 3.05) is 26.2 Å². The fourth-order valence-electron chi connectivity index (χ4n) is 3.61. The van der Waals surface area contributed by atoms with E-state index < -0.39 is 0 Å². The SMILES string of the molecule is O=C(c1ccco1)N1CCC(C(=O)N2CCCCCCC2)CC1. The van der Waals surface area contributed by atoms with E-state index in [1.165, 1.54) is 25.5 Å². The van der Waals surface area contributed by atoms with E-state index in [1.54, 1.807) is 17.0 Å². The summed E-state index contributed by atoms with van der Waals surface area (Å²) in [7, 11) is 0. The van der Waals surface area contributed by atoms with E-state index in [9.17, 15) is 9.59 Å². The summed E-state index contributed by atoms with van der Waals surface area (Å²) in [4.78, 5) is 28.9. The zero-order valence-electron chi connectivity index (χ0n) is 13.7. The Bertz CT molecular complexity index is 510. The van der Waals surface area contributed by atoms with Crippen LogP contribution in [0.3, 0.4) is 0 Å². The molecular formula is C18H26N2O3. The summed E-state index contributed by atoms with van der Waals surface area (Å²) < 4.78 is 5.18. The Morgan fingerprint density at radius 3 is 2.17 bits per heavy atom. The molecule has 0 aliphatic carbocycles. The first-order chi connectivity index (χ1) is 11.3. The molecule has 0 unspecified atom stereocenters. The number of hydrogen-bond donors (Lipinski definition) is 0. The van der Waals surface area contributed by atoms with Crippen molar-refractivity contribution in [1.29, 1.82) is 0 Å². The molecule has 126 valence electrons. The fourth-order valence-corrected chi connectivity index (χ4v) is 3.61. The first-order valence-corrected chi connectivity index (χ1v) is 8.87. The van der Waals surface area contributed by atoms with Gasteiger partial charge in [-0.15, -0.1) is 0 Å². The predicted octanol–water partition coefficient (Wildman–Crippen LogP) is 2.92. The summed E-state index contributed by atoms with van der Waals surface area (Å²) in [5, 5.41) is 0. The van der Waals surface area contributed by atoms with Crippen LogP contribution in [0.25, 0.3) is 0 Å². The van der Waals surface area contributed by atoms with Gasteiger partial charge in [0.2, 0.25) is 5.91 Å². The van der Waals surface area contributed by atoms with Crippen molar-refractivity contribution in [1.82, 2.24) is 9.80 Å². The molecule has 2 fully saturated rings. The van der Waals surface area contributed by atoms with Crippen LogP contribution in [0.2, 0.25) is 0 Å². The highest BCUT2D eigenvalue weighted by Gasteiger charge is 2.31. The minimum Gasteiger partial charge on any atom is -0.459 e. The summed E-state index contributed by atoms with van der Waals surface area (Å²) >= 11 is 0. The Morgan fingerprint density at radius 1 is 0.913 bits per heavy atom. The van der Waals surface area contributed by atoms with Gasteiger partial charge >= 0.3 is 0 Å². The van der Waals surface area contributed by atoms with Gasteiger partial charge in [-0.25, -0.2) is 0 Å². The molecule has 5 heteroatoms. The van der Waals surface area contributed by atoms with E-state index in [0.717, 1.165) is 38.8 Å². The molecule has 2 saturated heterocycles. The molecule has 2 aliphatic heterocycles. The molecule has 0 radical (unpaired) electrons. The molecule has 0 spiro atoms. The highest BCUT2D eigenvalue weighted by atomic mass is 16.3. The van der Waals surface area contributed by atoms with Crippen LogP contribution in [0, 0.1) is 5.92 Å². The van der Waals surface area contributed by atoms with Gasteiger partial charge in [0.1, 0.15) is 0 Å². The Labute approximate surface area is 137 Å². The number of piperidine rings is 1. The largest absolute Gasteiger partial charge is 0.459 e. The lowest BCUT2D eigenvalue weighted by molar-refractivity contribution is -0.137. The molecular weight excluding hydrogens is 292 g/mol. The molecule has 0 saturated carbocycles. The number of rotatable bonds is 2. The zero-order chi connectivity index (χ0) is 16.1. The minimum atomic E-state index is -0.0628. The van der Waals surface area contributed by atoms with Gasteiger partial charge in [0.05, 0.1) is 6.26 Å². The first-order valence-electron chi connectivity index (χ1n) is 8.87. The van der Waals surface area contributed by atoms with Crippen LogP contribution in [0.5, 0.6) is 0 Å². The molecule has 0 N–H and O–H groups in total. The van der Waals surface area contributed by atoms with Gasteiger partial charge in [0.15, 0.2) is 5.76 Å². The third-order valence-corrected chi connectivity index (χ3v) is 5.03. The number of nitrogens with zero attached hydrogens (tertiary/aromatic N) is 2. The number of amides is 2. The van der Waals surface area contributed by atoms with E-state index in [0.29, 0.717) is 24.8 Å². The highest BCUT2D eigenvalue weighted by Crippen LogP contribution is 2.23. The predicted molar refractivity (Wildman–Crippen MR) is 87.0 cm³/mol. The van der Waals surface area contributed by atoms with Crippen molar-refractivity contribution in [3.05, 3.63) is 24.2 Å². The summed E-state index contributed by atoms with van der Waals surface area (Å²) in [5.41, 5.74) is 0. The number of carbonyl (C=O) groups is 2. The second-order valence-corrected chi connectivity index (χ2v) is 6.64. The standard InChI is InChI=1S/C18H26N2O3/c21-17(19-10-4-2-1-3-5-11-19)15-8-12-20(13-9-15)18(22)16-7-6-14-23-16/h6-7,14-15H,1-5,8-13H2. The third kappa shape index (κ3) is 3.95. The molecule has 0 aromatic carbocycles. The summed E-state index contributed by atoms with van der Waals surface area (Å²) in [6.07, 6.45) is 9.08. The average Bonchev–Trinajstić information content (AvgIpc) is 3.08. The lowest BCUT2D eigenvalue weighted by Crippen LogP contribution is -2.45. The van der Waals surface area contributed by atoms with Crippen LogP contribution in [0.15, 0.2) is 22.8 Å². The molecule has 23 heavy (non-hydrogen) atoms. The van der Waals surface area contributed by atoms with Crippen LogP contribution in [0.4, 0.5) is 0 Å². The summed E-state index contributed by atoms with van der Waals surface area (Å²) in [6, 6.07) is 3.42. The van der Waals surface area contributed by atoms with Gasteiger partial charge in [-0.1, -0.05) is 19.3 Å². The van der Waals surface area contributed by atoms with E-state index in [4.69, 9.17) is 4.42 Å². The van der Waals surface area contributed by atoms with Crippen LogP contribution < -0.4 is 0 Å². The number of furan rings is 1. The molecule has 3 heterocycles. The maximum Gasteiger partial charge on any atom is 0.289 e. The summed E-state index contributed by atoms with van der Waals surface area (Å²) in [5.74, 6) is 0.706. The highest BCUT2D eigenvalue weighted by molar-refractivity contribution is 5.91. The van der Waals surface area contributed by atoms with E-state index in [1.807, 2.05) is 0 Å². The van der Waals surface area contributed by atoms with Gasteiger partial charge in [-0.3, -0.25) is 9.59 Å². The minimum absolute atomic E-state index is 0.0628. The van der Waals surface area contributed by atoms with Crippen molar-refractivity contribution in [3.8, 4) is 0 Å². The number of likely N-dealkylation sites (tertiary alicyclic amines) is 2. The third-order valence-electron chi connectivity index (χ3n) is 5.03. The molecule has 5 nitrogen and oxygen atoms in total. The van der Waals surface area contributed by atoms with Gasteiger partial charge < -0.3 is 14.2 Å². The number of carbonyl (C=O) groups excluding carboxylic acids is 2. The van der Waals surface area contributed by atoms with Gasteiger partial charge in [-0.2, -0.15) is 0 Å². The topological polar surface area (TPSA) is 53.8 Å². The molecule has 3 rings (SSSR count). The van der Waals surface area contributed by atoms with Gasteiger partial charge in [0.25, 0.3) is 5.91 Å². The summed E-state index contributed by atoms with van der Waals surface area (Å²) in [6.45, 7) is 3.10. The van der Waals surface area contributed by atoms with Gasteiger partial charge in [0, 0.05) is 32.1 Å². The van der Waals surface area contributed by atoms with E-state index in [-0.39, 0.29) is 11.8 Å². The normalized spacial score (nSPS) is 20.9. The van der Waals surface area contributed by atoms with Crippen molar-refractivity contribution >= 4 is 11.8 Å². The second-order valence-electron chi connectivity index (χ2n) is 6.64. The molecule has 2 amide bonds.